The van der Waals surface area contributed by atoms with Crippen LogP contribution in [0.2, 0.25) is 0 Å². The van der Waals surface area contributed by atoms with Gasteiger partial charge in [-0.05, 0) is 43.4 Å². The van der Waals surface area contributed by atoms with Gasteiger partial charge in [0.25, 0.3) is 0 Å². The molecule has 0 bridgehead atoms. The molecule has 0 spiro atoms. The Balaban J connectivity index is 3.11. The van der Waals surface area contributed by atoms with Gasteiger partial charge in [-0.2, -0.15) is 0 Å². The zero-order valence-electron chi connectivity index (χ0n) is 13.0. The summed E-state index contributed by atoms with van der Waals surface area (Å²) in [6.45, 7) is 12.2. The van der Waals surface area contributed by atoms with Crippen LogP contribution in [-0.2, 0) is 14.9 Å². The number of aryl methyl sites for hydroxylation is 1. The molecule has 0 atom stereocenters. The van der Waals surface area contributed by atoms with Crippen molar-refractivity contribution in [1.82, 2.24) is 0 Å². The Morgan fingerprint density at radius 1 is 1.16 bits per heavy atom. The van der Waals surface area contributed by atoms with Gasteiger partial charge in [-0.1, -0.05) is 32.9 Å². The second-order valence-electron chi connectivity index (χ2n) is 6.52. The SMILES string of the molecule is COC(=O)C(C)(C)Nc1cc(C(C)(C)C)ccc1C. The smallest absolute Gasteiger partial charge is 0.330 e. The molecule has 1 N–H and O–H groups in total. The van der Waals surface area contributed by atoms with Crippen LogP contribution in [0.3, 0.4) is 0 Å². The summed E-state index contributed by atoms with van der Waals surface area (Å²) < 4.78 is 4.82. The van der Waals surface area contributed by atoms with E-state index in [2.05, 4.69) is 44.3 Å². The first-order valence-corrected chi connectivity index (χ1v) is 6.55. The molecule has 0 unspecified atom stereocenters. The lowest BCUT2D eigenvalue weighted by atomic mass is 9.86. The Morgan fingerprint density at radius 3 is 2.21 bits per heavy atom. The van der Waals surface area contributed by atoms with Crippen molar-refractivity contribution in [2.24, 2.45) is 0 Å². The number of ether oxygens (including phenoxy) is 1. The van der Waals surface area contributed by atoms with Crippen LogP contribution in [0.15, 0.2) is 18.2 Å². The van der Waals surface area contributed by atoms with Gasteiger partial charge in [-0.3, -0.25) is 0 Å². The van der Waals surface area contributed by atoms with Gasteiger partial charge < -0.3 is 10.1 Å². The van der Waals surface area contributed by atoms with E-state index in [1.165, 1.54) is 12.7 Å². The van der Waals surface area contributed by atoms with E-state index in [-0.39, 0.29) is 11.4 Å². The van der Waals surface area contributed by atoms with Gasteiger partial charge in [-0.25, -0.2) is 4.79 Å². The highest BCUT2D eigenvalue weighted by atomic mass is 16.5. The summed E-state index contributed by atoms with van der Waals surface area (Å²) in [5.74, 6) is -0.270. The van der Waals surface area contributed by atoms with E-state index >= 15 is 0 Å². The predicted octanol–water partition coefficient (Wildman–Crippen LogP) is 3.66. The molecule has 0 heterocycles. The van der Waals surface area contributed by atoms with Crippen LogP contribution in [0, 0.1) is 6.92 Å². The maximum atomic E-state index is 11.7. The van der Waals surface area contributed by atoms with Crippen molar-refractivity contribution in [3.05, 3.63) is 29.3 Å². The van der Waals surface area contributed by atoms with Crippen molar-refractivity contribution >= 4 is 11.7 Å². The Bertz CT molecular complexity index is 470. The molecule has 0 amide bonds. The minimum absolute atomic E-state index is 0.0829. The van der Waals surface area contributed by atoms with Crippen LogP contribution in [0.1, 0.15) is 45.7 Å². The molecule has 3 heteroatoms. The Hall–Kier alpha value is -1.51. The molecule has 106 valence electrons. The Kier molecular flexibility index (Phi) is 4.28. The fourth-order valence-electron chi connectivity index (χ4n) is 1.87. The molecule has 0 aliphatic heterocycles. The second kappa shape index (κ2) is 5.24. The topological polar surface area (TPSA) is 38.3 Å². The number of carbonyl (C=O) groups excluding carboxylic acids is 1. The van der Waals surface area contributed by atoms with Crippen molar-refractivity contribution in [1.29, 1.82) is 0 Å². The molecule has 0 aromatic heterocycles. The highest BCUT2D eigenvalue weighted by Crippen LogP contribution is 2.28. The van der Waals surface area contributed by atoms with E-state index in [4.69, 9.17) is 4.74 Å². The number of rotatable bonds is 3. The first kappa shape index (κ1) is 15.5. The fraction of sp³-hybridized carbons (Fsp3) is 0.562. The number of anilines is 1. The molecular weight excluding hydrogens is 238 g/mol. The number of hydrogen-bond donors (Lipinski definition) is 1. The summed E-state index contributed by atoms with van der Waals surface area (Å²) in [5.41, 5.74) is 2.67. The van der Waals surface area contributed by atoms with Crippen LogP contribution in [0.25, 0.3) is 0 Å². The Morgan fingerprint density at radius 2 is 1.74 bits per heavy atom. The summed E-state index contributed by atoms with van der Waals surface area (Å²) >= 11 is 0. The largest absolute Gasteiger partial charge is 0.467 e. The molecule has 0 aliphatic rings. The number of carbonyl (C=O) groups is 1. The lowest BCUT2D eigenvalue weighted by molar-refractivity contribution is -0.144. The van der Waals surface area contributed by atoms with Crippen LogP contribution >= 0.6 is 0 Å². The zero-order valence-corrected chi connectivity index (χ0v) is 13.0. The highest BCUT2D eigenvalue weighted by Gasteiger charge is 2.29. The third-order valence-electron chi connectivity index (χ3n) is 3.25. The quantitative estimate of drug-likeness (QED) is 0.846. The Labute approximate surface area is 116 Å². The summed E-state index contributed by atoms with van der Waals surface area (Å²) in [4.78, 5) is 11.7. The molecule has 19 heavy (non-hydrogen) atoms. The van der Waals surface area contributed by atoms with Gasteiger partial charge in [0.15, 0.2) is 0 Å². The number of hydrogen-bond acceptors (Lipinski definition) is 3. The number of methoxy groups -OCH3 is 1. The molecule has 1 aromatic rings. The monoisotopic (exact) mass is 263 g/mol. The van der Waals surface area contributed by atoms with Crippen molar-refractivity contribution < 1.29 is 9.53 Å². The molecule has 1 aromatic carbocycles. The summed E-state index contributed by atoms with van der Waals surface area (Å²) in [6.07, 6.45) is 0. The second-order valence-corrected chi connectivity index (χ2v) is 6.52. The van der Waals surface area contributed by atoms with Crippen molar-refractivity contribution in [2.45, 2.75) is 52.5 Å². The number of benzene rings is 1. The van der Waals surface area contributed by atoms with Gasteiger partial charge in [0, 0.05) is 5.69 Å². The molecule has 0 fully saturated rings. The van der Waals surface area contributed by atoms with Crippen LogP contribution < -0.4 is 5.32 Å². The minimum atomic E-state index is -0.740. The highest BCUT2D eigenvalue weighted by molar-refractivity contribution is 5.83. The fourth-order valence-corrected chi connectivity index (χ4v) is 1.87. The van der Waals surface area contributed by atoms with Crippen molar-refractivity contribution in [3.63, 3.8) is 0 Å². The lowest BCUT2D eigenvalue weighted by Crippen LogP contribution is -2.41. The molecule has 0 aliphatic carbocycles. The van der Waals surface area contributed by atoms with Gasteiger partial charge >= 0.3 is 5.97 Å². The van der Waals surface area contributed by atoms with Gasteiger partial charge in [0.05, 0.1) is 7.11 Å². The van der Waals surface area contributed by atoms with E-state index in [0.717, 1.165) is 11.3 Å². The maximum Gasteiger partial charge on any atom is 0.330 e. The molecular formula is C16H25NO2. The maximum absolute atomic E-state index is 11.7. The first-order chi connectivity index (χ1) is 8.58. The molecule has 0 saturated heterocycles. The van der Waals surface area contributed by atoms with Gasteiger partial charge in [0.1, 0.15) is 5.54 Å². The number of nitrogens with one attached hydrogen (secondary N) is 1. The molecule has 1 rings (SSSR count). The summed E-state index contributed by atoms with van der Waals surface area (Å²) in [5, 5.41) is 3.28. The van der Waals surface area contributed by atoms with E-state index in [0.29, 0.717) is 0 Å². The minimum Gasteiger partial charge on any atom is -0.467 e. The summed E-state index contributed by atoms with van der Waals surface area (Å²) in [7, 11) is 1.41. The summed E-state index contributed by atoms with van der Waals surface area (Å²) in [6, 6.07) is 6.32. The zero-order chi connectivity index (χ0) is 14.8. The molecule has 0 radical (unpaired) electrons. The first-order valence-electron chi connectivity index (χ1n) is 6.55. The molecule has 3 nitrogen and oxygen atoms in total. The lowest BCUT2D eigenvalue weighted by Gasteiger charge is -2.27. The van der Waals surface area contributed by atoms with E-state index in [1.54, 1.807) is 0 Å². The van der Waals surface area contributed by atoms with Crippen molar-refractivity contribution in [2.75, 3.05) is 12.4 Å². The van der Waals surface area contributed by atoms with Gasteiger partial charge in [-0.15, -0.1) is 0 Å². The van der Waals surface area contributed by atoms with E-state index in [1.807, 2.05) is 20.8 Å². The standard InChI is InChI=1S/C16H25NO2/c1-11-8-9-12(15(2,3)4)10-13(11)17-16(5,6)14(18)19-7/h8-10,17H,1-7H3. The average molecular weight is 263 g/mol. The third-order valence-corrected chi connectivity index (χ3v) is 3.25. The molecule has 0 saturated carbocycles. The third kappa shape index (κ3) is 3.72. The average Bonchev–Trinajstić information content (AvgIpc) is 2.29. The predicted molar refractivity (Wildman–Crippen MR) is 79.6 cm³/mol. The number of esters is 1. The van der Waals surface area contributed by atoms with Crippen LogP contribution in [-0.4, -0.2) is 18.6 Å². The van der Waals surface area contributed by atoms with Crippen LogP contribution in [0.5, 0.6) is 0 Å². The van der Waals surface area contributed by atoms with Gasteiger partial charge in [0.2, 0.25) is 0 Å². The van der Waals surface area contributed by atoms with Crippen molar-refractivity contribution in [3.8, 4) is 0 Å². The van der Waals surface area contributed by atoms with Crippen LogP contribution in [0.4, 0.5) is 5.69 Å². The van der Waals surface area contributed by atoms with E-state index in [9.17, 15) is 4.79 Å². The van der Waals surface area contributed by atoms with E-state index < -0.39 is 5.54 Å². The normalized spacial score (nSPS) is 12.2.